The van der Waals surface area contributed by atoms with Gasteiger partial charge in [0.25, 0.3) is 0 Å². The standard InChI is InChI=1S/C15H22BrN3O/c1-14(2)8-19(9-15(3,4)20-14)11-7-5-6-10(16)12(11)13(17)18/h5-7H,8-9H2,1-4H3,(H3,17,18). The van der Waals surface area contributed by atoms with E-state index >= 15 is 0 Å². The quantitative estimate of drug-likeness (QED) is 0.642. The van der Waals surface area contributed by atoms with Crippen molar-refractivity contribution < 1.29 is 4.74 Å². The summed E-state index contributed by atoms with van der Waals surface area (Å²) >= 11 is 3.49. The Morgan fingerprint density at radius 3 is 2.30 bits per heavy atom. The Kier molecular flexibility index (Phi) is 3.86. The number of nitrogens with zero attached hydrogens (tertiary/aromatic N) is 1. The molecule has 0 bridgehead atoms. The average Bonchev–Trinajstić information content (AvgIpc) is 2.23. The Hall–Kier alpha value is -1.07. The van der Waals surface area contributed by atoms with E-state index in [1.165, 1.54) is 0 Å². The fourth-order valence-electron chi connectivity index (χ4n) is 3.00. The SMILES string of the molecule is CC1(C)CN(c2cccc(Br)c2C(=N)N)CC(C)(C)O1. The third-order valence-corrected chi connectivity index (χ3v) is 3.96. The first kappa shape index (κ1) is 15.3. The fraction of sp³-hybridized carbons (Fsp3) is 0.533. The van der Waals surface area contributed by atoms with Gasteiger partial charge < -0.3 is 15.4 Å². The number of hydrogen-bond acceptors (Lipinski definition) is 3. The maximum Gasteiger partial charge on any atom is 0.126 e. The predicted molar refractivity (Wildman–Crippen MR) is 86.6 cm³/mol. The lowest BCUT2D eigenvalue weighted by Crippen LogP contribution is -2.57. The number of benzene rings is 1. The second kappa shape index (κ2) is 5.04. The minimum atomic E-state index is -0.238. The summed E-state index contributed by atoms with van der Waals surface area (Å²) in [6.07, 6.45) is 0. The van der Waals surface area contributed by atoms with E-state index in [1.807, 2.05) is 18.2 Å². The van der Waals surface area contributed by atoms with Gasteiger partial charge in [-0.15, -0.1) is 0 Å². The van der Waals surface area contributed by atoms with Crippen molar-refractivity contribution in [3.8, 4) is 0 Å². The third kappa shape index (κ3) is 3.15. The first-order valence-electron chi connectivity index (χ1n) is 6.69. The molecular formula is C15H22BrN3O. The molecule has 1 aliphatic heterocycles. The van der Waals surface area contributed by atoms with Gasteiger partial charge in [-0.25, -0.2) is 0 Å². The topological polar surface area (TPSA) is 62.3 Å². The highest BCUT2D eigenvalue weighted by atomic mass is 79.9. The number of amidine groups is 1. The van der Waals surface area contributed by atoms with Gasteiger partial charge in [-0.3, -0.25) is 5.41 Å². The highest BCUT2D eigenvalue weighted by Crippen LogP contribution is 2.35. The number of ether oxygens (including phenoxy) is 1. The Balaban J connectivity index is 2.46. The van der Waals surface area contributed by atoms with Crippen LogP contribution in [0.3, 0.4) is 0 Å². The van der Waals surface area contributed by atoms with Crippen molar-refractivity contribution in [1.29, 1.82) is 5.41 Å². The number of halogens is 1. The van der Waals surface area contributed by atoms with Crippen LogP contribution in [0.4, 0.5) is 5.69 Å². The van der Waals surface area contributed by atoms with Gasteiger partial charge in [0.15, 0.2) is 0 Å². The van der Waals surface area contributed by atoms with Crippen LogP contribution in [-0.4, -0.2) is 30.1 Å². The lowest BCUT2D eigenvalue weighted by atomic mass is 9.97. The van der Waals surface area contributed by atoms with Gasteiger partial charge in [-0.2, -0.15) is 0 Å². The third-order valence-electron chi connectivity index (χ3n) is 3.30. The van der Waals surface area contributed by atoms with E-state index in [-0.39, 0.29) is 17.0 Å². The zero-order valence-corrected chi connectivity index (χ0v) is 14.0. The van der Waals surface area contributed by atoms with Crippen LogP contribution in [0.2, 0.25) is 0 Å². The molecule has 1 saturated heterocycles. The molecule has 1 aromatic rings. The number of rotatable bonds is 2. The zero-order chi connectivity index (χ0) is 15.1. The van der Waals surface area contributed by atoms with Crippen molar-refractivity contribution >= 4 is 27.5 Å². The Bertz CT molecular complexity index is 524. The van der Waals surface area contributed by atoms with E-state index < -0.39 is 0 Å². The number of anilines is 1. The number of nitrogens with one attached hydrogen (secondary N) is 1. The highest BCUT2D eigenvalue weighted by molar-refractivity contribution is 9.10. The van der Waals surface area contributed by atoms with Gasteiger partial charge in [-0.05, 0) is 55.8 Å². The summed E-state index contributed by atoms with van der Waals surface area (Å²) in [7, 11) is 0. The summed E-state index contributed by atoms with van der Waals surface area (Å²) in [6, 6.07) is 5.90. The summed E-state index contributed by atoms with van der Waals surface area (Å²) in [5, 5.41) is 7.82. The molecule has 0 aromatic heterocycles. The van der Waals surface area contributed by atoms with E-state index in [0.29, 0.717) is 0 Å². The van der Waals surface area contributed by atoms with Crippen LogP contribution >= 0.6 is 15.9 Å². The zero-order valence-electron chi connectivity index (χ0n) is 12.5. The van der Waals surface area contributed by atoms with Crippen LogP contribution in [-0.2, 0) is 4.74 Å². The van der Waals surface area contributed by atoms with E-state index in [0.717, 1.165) is 28.8 Å². The smallest absolute Gasteiger partial charge is 0.126 e. The molecule has 3 N–H and O–H groups in total. The molecule has 0 radical (unpaired) electrons. The van der Waals surface area contributed by atoms with Crippen LogP contribution < -0.4 is 10.6 Å². The minimum absolute atomic E-state index is 0.0783. The van der Waals surface area contributed by atoms with E-state index in [4.69, 9.17) is 15.9 Å². The lowest BCUT2D eigenvalue weighted by molar-refractivity contribution is -0.133. The first-order chi connectivity index (χ1) is 9.11. The van der Waals surface area contributed by atoms with Crippen LogP contribution in [0.25, 0.3) is 0 Å². The Morgan fingerprint density at radius 2 is 1.80 bits per heavy atom. The minimum Gasteiger partial charge on any atom is -0.384 e. The van der Waals surface area contributed by atoms with Gasteiger partial charge in [0.1, 0.15) is 5.84 Å². The molecule has 4 nitrogen and oxygen atoms in total. The molecular weight excluding hydrogens is 318 g/mol. The molecule has 110 valence electrons. The van der Waals surface area contributed by atoms with Crippen molar-refractivity contribution in [1.82, 2.24) is 0 Å². The van der Waals surface area contributed by atoms with Crippen LogP contribution in [0.1, 0.15) is 33.3 Å². The van der Waals surface area contributed by atoms with E-state index in [1.54, 1.807) is 0 Å². The summed E-state index contributed by atoms with van der Waals surface area (Å²) in [5.41, 5.74) is 7.01. The van der Waals surface area contributed by atoms with Gasteiger partial charge in [0.05, 0.1) is 16.8 Å². The lowest BCUT2D eigenvalue weighted by Gasteiger charge is -2.48. The van der Waals surface area contributed by atoms with Crippen LogP contribution in [0, 0.1) is 5.41 Å². The Morgan fingerprint density at radius 1 is 1.25 bits per heavy atom. The molecule has 1 fully saturated rings. The largest absolute Gasteiger partial charge is 0.384 e. The molecule has 0 atom stereocenters. The molecule has 0 saturated carbocycles. The molecule has 0 aliphatic carbocycles. The molecule has 0 spiro atoms. The molecule has 0 unspecified atom stereocenters. The number of morpholine rings is 1. The maximum absolute atomic E-state index is 7.82. The van der Waals surface area contributed by atoms with Crippen molar-refractivity contribution in [2.45, 2.75) is 38.9 Å². The van der Waals surface area contributed by atoms with E-state index in [9.17, 15) is 0 Å². The molecule has 20 heavy (non-hydrogen) atoms. The molecule has 1 aliphatic rings. The average molecular weight is 340 g/mol. The van der Waals surface area contributed by atoms with Crippen LogP contribution in [0.15, 0.2) is 22.7 Å². The van der Waals surface area contributed by atoms with Crippen LogP contribution in [0.5, 0.6) is 0 Å². The highest BCUT2D eigenvalue weighted by Gasteiger charge is 2.39. The second-order valence-electron chi connectivity index (χ2n) is 6.53. The molecule has 0 amide bonds. The van der Waals surface area contributed by atoms with Crippen molar-refractivity contribution in [2.24, 2.45) is 5.73 Å². The molecule has 5 heteroatoms. The number of nitrogens with two attached hydrogens (primary N) is 1. The van der Waals surface area contributed by atoms with E-state index in [2.05, 4.69) is 48.5 Å². The normalized spacial score (nSPS) is 20.8. The monoisotopic (exact) mass is 339 g/mol. The summed E-state index contributed by atoms with van der Waals surface area (Å²) in [5.74, 6) is 0.0783. The number of nitrogen functional groups attached to an aromatic ring is 1. The van der Waals surface area contributed by atoms with Gasteiger partial charge in [-0.1, -0.05) is 6.07 Å². The summed E-state index contributed by atoms with van der Waals surface area (Å²) in [6.45, 7) is 9.90. The van der Waals surface area contributed by atoms with Gasteiger partial charge in [0.2, 0.25) is 0 Å². The van der Waals surface area contributed by atoms with Gasteiger partial charge in [0, 0.05) is 23.2 Å². The maximum atomic E-state index is 7.82. The summed E-state index contributed by atoms with van der Waals surface area (Å²) < 4.78 is 6.96. The van der Waals surface area contributed by atoms with Crippen molar-refractivity contribution in [3.05, 3.63) is 28.2 Å². The first-order valence-corrected chi connectivity index (χ1v) is 7.49. The second-order valence-corrected chi connectivity index (χ2v) is 7.38. The summed E-state index contributed by atoms with van der Waals surface area (Å²) in [4.78, 5) is 2.25. The van der Waals surface area contributed by atoms with Crippen molar-refractivity contribution in [2.75, 3.05) is 18.0 Å². The molecule has 1 heterocycles. The number of hydrogen-bond donors (Lipinski definition) is 2. The van der Waals surface area contributed by atoms with Crippen molar-refractivity contribution in [3.63, 3.8) is 0 Å². The Labute approximate surface area is 128 Å². The predicted octanol–water partition coefficient (Wildman–Crippen LogP) is 3.13. The van der Waals surface area contributed by atoms with Gasteiger partial charge >= 0.3 is 0 Å². The molecule has 1 aromatic carbocycles. The molecule has 2 rings (SSSR count). The fourth-order valence-corrected chi connectivity index (χ4v) is 3.57.